The molecule has 1 aromatic heterocycles. The van der Waals surface area contributed by atoms with Gasteiger partial charge in [0.25, 0.3) is 11.6 Å². The lowest BCUT2D eigenvalue weighted by atomic mass is 10.0. The Kier molecular flexibility index (Phi) is 3.98. The molecule has 0 spiro atoms. The van der Waals surface area contributed by atoms with Crippen LogP contribution < -0.4 is 15.0 Å². The highest BCUT2D eigenvalue weighted by Gasteiger charge is 2.23. The van der Waals surface area contributed by atoms with Gasteiger partial charge in [0.1, 0.15) is 12.4 Å². The zero-order valence-corrected chi connectivity index (χ0v) is 13.9. The van der Waals surface area contributed by atoms with E-state index >= 15 is 0 Å². The topological polar surface area (TPSA) is 53.4 Å². The Morgan fingerprint density at radius 2 is 1.96 bits per heavy atom. The first-order chi connectivity index (χ1) is 12.2. The summed E-state index contributed by atoms with van der Waals surface area (Å²) in [7, 11) is 0. The van der Waals surface area contributed by atoms with Crippen LogP contribution in [0, 0.1) is 6.92 Å². The summed E-state index contributed by atoms with van der Waals surface area (Å²) in [6.45, 7) is 3.14. The van der Waals surface area contributed by atoms with Gasteiger partial charge in [0.05, 0.1) is 6.54 Å². The maximum absolute atomic E-state index is 11.3. The summed E-state index contributed by atoms with van der Waals surface area (Å²) < 4.78 is 13.3. The minimum absolute atomic E-state index is 0.148. The van der Waals surface area contributed by atoms with Gasteiger partial charge in [-0.25, -0.2) is 0 Å². The molecule has 5 heteroatoms. The standard InChI is InChI=1S/C20H18N2O3/c1-14-4-2-3-5-18(14)15-6-8-16(9-7-15)24-13-17-12-22-11-10-19(23)21-20(22)25-17/h2-11,17H,12-13H2,1H3/t17-/m0/s1. The number of benzene rings is 2. The van der Waals surface area contributed by atoms with Crippen LogP contribution >= 0.6 is 0 Å². The molecular weight excluding hydrogens is 316 g/mol. The molecule has 1 atom stereocenters. The average Bonchev–Trinajstić information content (AvgIpc) is 3.03. The fourth-order valence-corrected chi connectivity index (χ4v) is 2.96. The van der Waals surface area contributed by atoms with Crippen LogP contribution in [0.5, 0.6) is 11.8 Å². The summed E-state index contributed by atoms with van der Waals surface area (Å²) in [6.07, 6.45) is 1.55. The second kappa shape index (κ2) is 6.43. The number of fused-ring (bicyclic) bond motifs is 1. The molecule has 4 rings (SSSR count). The van der Waals surface area contributed by atoms with Crippen molar-refractivity contribution in [3.63, 3.8) is 0 Å². The van der Waals surface area contributed by atoms with Gasteiger partial charge in [-0.2, -0.15) is 4.98 Å². The Bertz CT molecular complexity index is 948. The number of rotatable bonds is 4. The normalized spacial score (nSPS) is 15.5. The molecule has 3 aromatic rings. The van der Waals surface area contributed by atoms with Crippen LogP contribution in [0.25, 0.3) is 11.1 Å². The number of ether oxygens (including phenoxy) is 2. The third kappa shape index (κ3) is 3.26. The number of aromatic nitrogens is 2. The van der Waals surface area contributed by atoms with Crippen LogP contribution in [0.4, 0.5) is 0 Å². The van der Waals surface area contributed by atoms with Gasteiger partial charge >= 0.3 is 0 Å². The zero-order chi connectivity index (χ0) is 17.2. The Morgan fingerprint density at radius 3 is 2.76 bits per heavy atom. The maximum Gasteiger partial charge on any atom is 0.300 e. The van der Waals surface area contributed by atoms with Gasteiger partial charge in [-0.3, -0.25) is 9.36 Å². The molecule has 0 bridgehead atoms. The van der Waals surface area contributed by atoms with E-state index < -0.39 is 0 Å². The molecule has 1 aliphatic rings. The van der Waals surface area contributed by atoms with Crippen LogP contribution in [-0.2, 0) is 6.54 Å². The van der Waals surface area contributed by atoms with Crippen molar-refractivity contribution in [2.24, 2.45) is 0 Å². The van der Waals surface area contributed by atoms with E-state index in [1.165, 1.54) is 17.2 Å². The van der Waals surface area contributed by atoms with Gasteiger partial charge in [0.2, 0.25) is 0 Å². The van der Waals surface area contributed by atoms with Crippen molar-refractivity contribution in [2.45, 2.75) is 19.6 Å². The zero-order valence-electron chi connectivity index (χ0n) is 13.9. The van der Waals surface area contributed by atoms with Crippen molar-refractivity contribution in [3.8, 4) is 22.9 Å². The van der Waals surface area contributed by atoms with Crippen LogP contribution in [0.3, 0.4) is 0 Å². The summed E-state index contributed by atoms with van der Waals surface area (Å²) in [5.74, 6) is 0.791. The van der Waals surface area contributed by atoms with E-state index in [4.69, 9.17) is 9.47 Å². The van der Waals surface area contributed by atoms with E-state index in [2.05, 4.69) is 36.2 Å². The van der Waals surface area contributed by atoms with Gasteiger partial charge in [-0.1, -0.05) is 36.4 Å². The monoisotopic (exact) mass is 334 g/mol. The highest BCUT2D eigenvalue weighted by Crippen LogP contribution is 2.25. The molecule has 0 unspecified atom stereocenters. The van der Waals surface area contributed by atoms with Crippen molar-refractivity contribution in [2.75, 3.05) is 6.61 Å². The fraction of sp³-hybridized carbons (Fsp3) is 0.200. The average molecular weight is 334 g/mol. The summed E-state index contributed by atoms with van der Waals surface area (Å²) in [5, 5.41) is 0. The Balaban J connectivity index is 1.40. The molecule has 0 amide bonds. The number of nitrogens with zero attached hydrogens (tertiary/aromatic N) is 2. The molecule has 0 N–H and O–H groups in total. The molecule has 5 nitrogen and oxygen atoms in total. The fourth-order valence-electron chi connectivity index (χ4n) is 2.96. The number of aryl methyl sites for hydroxylation is 1. The maximum atomic E-state index is 11.3. The van der Waals surface area contributed by atoms with Gasteiger partial charge in [0.15, 0.2) is 6.10 Å². The van der Waals surface area contributed by atoms with Crippen molar-refractivity contribution in [1.29, 1.82) is 0 Å². The molecule has 2 aromatic carbocycles. The van der Waals surface area contributed by atoms with E-state index in [0.29, 0.717) is 19.2 Å². The lowest BCUT2D eigenvalue weighted by Crippen LogP contribution is -2.23. The first-order valence-electron chi connectivity index (χ1n) is 8.22. The van der Waals surface area contributed by atoms with E-state index in [9.17, 15) is 4.79 Å². The van der Waals surface area contributed by atoms with Gasteiger partial charge in [0, 0.05) is 12.3 Å². The smallest absolute Gasteiger partial charge is 0.300 e. The van der Waals surface area contributed by atoms with E-state index in [1.54, 1.807) is 6.20 Å². The van der Waals surface area contributed by atoms with E-state index in [0.717, 1.165) is 11.3 Å². The predicted octanol–water partition coefficient (Wildman–Crippen LogP) is 3.06. The van der Waals surface area contributed by atoms with Crippen molar-refractivity contribution in [1.82, 2.24) is 9.55 Å². The van der Waals surface area contributed by atoms with E-state index in [-0.39, 0.29) is 11.7 Å². The number of hydrogen-bond acceptors (Lipinski definition) is 4. The molecular formula is C20H18N2O3. The van der Waals surface area contributed by atoms with Crippen LogP contribution in [0.15, 0.2) is 65.6 Å². The quantitative estimate of drug-likeness (QED) is 0.736. The minimum atomic E-state index is -0.292. The summed E-state index contributed by atoms with van der Waals surface area (Å²) >= 11 is 0. The third-order valence-corrected chi connectivity index (χ3v) is 4.27. The first-order valence-corrected chi connectivity index (χ1v) is 8.22. The molecule has 0 aliphatic carbocycles. The van der Waals surface area contributed by atoms with Gasteiger partial charge < -0.3 is 9.47 Å². The lowest BCUT2D eigenvalue weighted by molar-refractivity contribution is 0.143. The highest BCUT2D eigenvalue weighted by molar-refractivity contribution is 5.67. The SMILES string of the molecule is Cc1ccccc1-c1ccc(OC[C@@H]2Cn3ccc(=O)nc3O2)cc1. The molecule has 25 heavy (non-hydrogen) atoms. The summed E-state index contributed by atoms with van der Waals surface area (Å²) in [4.78, 5) is 15.1. The van der Waals surface area contributed by atoms with Crippen LogP contribution in [0.2, 0.25) is 0 Å². The number of hydrogen-bond donors (Lipinski definition) is 0. The van der Waals surface area contributed by atoms with Crippen molar-refractivity contribution < 1.29 is 9.47 Å². The molecule has 1 aliphatic heterocycles. The molecule has 0 radical (unpaired) electrons. The Morgan fingerprint density at radius 1 is 1.16 bits per heavy atom. The second-order valence-corrected chi connectivity index (χ2v) is 6.09. The highest BCUT2D eigenvalue weighted by atomic mass is 16.6. The molecule has 126 valence electrons. The molecule has 0 fully saturated rings. The van der Waals surface area contributed by atoms with Crippen LogP contribution in [0.1, 0.15) is 5.56 Å². The van der Waals surface area contributed by atoms with Crippen LogP contribution in [-0.4, -0.2) is 22.3 Å². The van der Waals surface area contributed by atoms with Crippen molar-refractivity contribution in [3.05, 3.63) is 76.7 Å². The largest absolute Gasteiger partial charge is 0.490 e. The van der Waals surface area contributed by atoms with Gasteiger partial charge in [-0.05, 0) is 35.7 Å². The Labute approximate surface area is 145 Å². The third-order valence-electron chi connectivity index (χ3n) is 4.27. The minimum Gasteiger partial charge on any atom is -0.490 e. The Hall–Kier alpha value is -3.08. The first kappa shape index (κ1) is 15.4. The van der Waals surface area contributed by atoms with Gasteiger partial charge in [-0.15, -0.1) is 0 Å². The second-order valence-electron chi connectivity index (χ2n) is 6.09. The summed E-state index contributed by atoms with van der Waals surface area (Å²) in [6, 6.07) is 18.1. The molecule has 0 saturated heterocycles. The van der Waals surface area contributed by atoms with Crippen molar-refractivity contribution >= 4 is 0 Å². The lowest BCUT2D eigenvalue weighted by Gasteiger charge is -2.12. The summed E-state index contributed by atoms with van der Waals surface area (Å²) in [5.41, 5.74) is 3.34. The van der Waals surface area contributed by atoms with E-state index in [1.807, 2.05) is 28.8 Å². The predicted molar refractivity (Wildman–Crippen MR) is 95.0 cm³/mol. The molecule has 0 saturated carbocycles. The molecule has 2 heterocycles.